The van der Waals surface area contributed by atoms with Crippen LogP contribution in [0.5, 0.6) is 0 Å². The molecule has 2 rings (SSSR count). The molecule has 0 aromatic rings. The second kappa shape index (κ2) is 5.35. The Morgan fingerprint density at radius 2 is 1.67 bits per heavy atom. The highest BCUT2D eigenvalue weighted by atomic mass is 16.5. The third kappa shape index (κ3) is 3.09. The molecule has 0 spiro atoms. The molecule has 0 bridgehead atoms. The van der Waals surface area contributed by atoms with Crippen molar-refractivity contribution in [2.45, 2.75) is 44.2 Å². The number of hydrogen-bond donors (Lipinski definition) is 2. The van der Waals surface area contributed by atoms with Gasteiger partial charge in [0.05, 0.1) is 0 Å². The standard InChI is InChI=1S/C11H21N3O/c1-12-11(13-9-3-2-4-9)14-10-5-7-15-8-6-10/h9-10H,2-8H2,1H3,(H2,12,13,14). The van der Waals surface area contributed by atoms with E-state index in [4.69, 9.17) is 4.74 Å². The minimum Gasteiger partial charge on any atom is -0.381 e. The number of nitrogens with one attached hydrogen (secondary N) is 2. The molecule has 0 radical (unpaired) electrons. The van der Waals surface area contributed by atoms with Gasteiger partial charge in [0.2, 0.25) is 0 Å². The number of guanidine groups is 1. The molecule has 4 heteroatoms. The van der Waals surface area contributed by atoms with Gasteiger partial charge in [-0.1, -0.05) is 0 Å². The Bertz CT molecular complexity index is 220. The number of hydrogen-bond acceptors (Lipinski definition) is 2. The van der Waals surface area contributed by atoms with Gasteiger partial charge in [0.15, 0.2) is 5.96 Å². The second-order valence-corrected chi connectivity index (χ2v) is 4.38. The van der Waals surface area contributed by atoms with Crippen molar-refractivity contribution in [3.05, 3.63) is 0 Å². The molecule has 15 heavy (non-hydrogen) atoms. The van der Waals surface area contributed by atoms with E-state index in [0.717, 1.165) is 32.0 Å². The van der Waals surface area contributed by atoms with E-state index in [1.807, 2.05) is 7.05 Å². The summed E-state index contributed by atoms with van der Waals surface area (Å²) in [6, 6.07) is 1.18. The first kappa shape index (κ1) is 10.7. The molecule has 2 aliphatic rings. The maximum absolute atomic E-state index is 5.33. The van der Waals surface area contributed by atoms with Crippen molar-refractivity contribution < 1.29 is 4.74 Å². The number of aliphatic imine (C=N–C) groups is 1. The van der Waals surface area contributed by atoms with Crippen molar-refractivity contribution in [1.29, 1.82) is 0 Å². The fourth-order valence-electron chi connectivity index (χ4n) is 1.95. The van der Waals surface area contributed by atoms with Crippen LogP contribution in [0.1, 0.15) is 32.1 Å². The highest BCUT2D eigenvalue weighted by molar-refractivity contribution is 5.80. The molecule has 2 fully saturated rings. The van der Waals surface area contributed by atoms with Crippen molar-refractivity contribution >= 4 is 5.96 Å². The van der Waals surface area contributed by atoms with Crippen LogP contribution in [0.25, 0.3) is 0 Å². The first-order valence-corrected chi connectivity index (χ1v) is 5.96. The fourth-order valence-corrected chi connectivity index (χ4v) is 1.95. The molecule has 1 saturated carbocycles. The number of ether oxygens (including phenoxy) is 1. The summed E-state index contributed by atoms with van der Waals surface area (Å²) in [4.78, 5) is 4.26. The minimum atomic E-state index is 0.532. The lowest BCUT2D eigenvalue weighted by Crippen LogP contribution is -2.50. The van der Waals surface area contributed by atoms with Crippen LogP contribution in [-0.2, 0) is 4.74 Å². The van der Waals surface area contributed by atoms with Crippen molar-refractivity contribution in [1.82, 2.24) is 10.6 Å². The van der Waals surface area contributed by atoms with Crippen LogP contribution < -0.4 is 10.6 Å². The molecule has 1 heterocycles. The average Bonchev–Trinajstić information content (AvgIpc) is 2.23. The van der Waals surface area contributed by atoms with E-state index >= 15 is 0 Å². The van der Waals surface area contributed by atoms with Gasteiger partial charge in [0, 0.05) is 32.3 Å². The molecule has 0 unspecified atom stereocenters. The first-order chi connectivity index (χ1) is 7.38. The van der Waals surface area contributed by atoms with Gasteiger partial charge in [-0.2, -0.15) is 0 Å². The van der Waals surface area contributed by atoms with Crippen LogP contribution in [0.2, 0.25) is 0 Å². The van der Waals surface area contributed by atoms with Gasteiger partial charge in [0.1, 0.15) is 0 Å². The van der Waals surface area contributed by atoms with Gasteiger partial charge in [0.25, 0.3) is 0 Å². The maximum Gasteiger partial charge on any atom is 0.191 e. The van der Waals surface area contributed by atoms with E-state index in [1.165, 1.54) is 19.3 Å². The van der Waals surface area contributed by atoms with E-state index in [9.17, 15) is 0 Å². The summed E-state index contributed by atoms with van der Waals surface area (Å²) >= 11 is 0. The Morgan fingerprint density at radius 3 is 2.13 bits per heavy atom. The van der Waals surface area contributed by atoms with Crippen molar-refractivity contribution in [2.75, 3.05) is 20.3 Å². The smallest absolute Gasteiger partial charge is 0.191 e. The molecule has 2 N–H and O–H groups in total. The molecule has 0 atom stereocenters. The predicted octanol–water partition coefficient (Wildman–Crippen LogP) is 0.883. The summed E-state index contributed by atoms with van der Waals surface area (Å²) < 4.78 is 5.33. The van der Waals surface area contributed by atoms with Crippen molar-refractivity contribution in [2.24, 2.45) is 4.99 Å². The predicted molar refractivity (Wildman–Crippen MR) is 61.1 cm³/mol. The topological polar surface area (TPSA) is 45.7 Å². The van der Waals surface area contributed by atoms with Crippen LogP contribution in [-0.4, -0.2) is 38.3 Å². The highest BCUT2D eigenvalue weighted by Crippen LogP contribution is 2.17. The molecule has 1 aliphatic heterocycles. The summed E-state index contributed by atoms with van der Waals surface area (Å²) in [5.41, 5.74) is 0. The SMILES string of the molecule is CN=C(NC1CCC1)NC1CCOCC1. The maximum atomic E-state index is 5.33. The van der Waals surface area contributed by atoms with Gasteiger partial charge in [-0.25, -0.2) is 0 Å². The summed E-state index contributed by atoms with van der Waals surface area (Å²) in [5, 5.41) is 6.91. The van der Waals surface area contributed by atoms with E-state index in [2.05, 4.69) is 15.6 Å². The third-order valence-corrected chi connectivity index (χ3v) is 3.23. The zero-order valence-corrected chi connectivity index (χ0v) is 9.46. The summed E-state index contributed by atoms with van der Waals surface area (Å²) in [7, 11) is 1.84. The third-order valence-electron chi connectivity index (χ3n) is 3.23. The average molecular weight is 211 g/mol. The Hall–Kier alpha value is -0.770. The van der Waals surface area contributed by atoms with E-state index in [1.54, 1.807) is 0 Å². The molecule has 0 aromatic carbocycles. The fraction of sp³-hybridized carbons (Fsp3) is 0.909. The zero-order valence-electron chi connectivity index (χ0n) is 9.46. The van der Waals surface area contributed by atoms with E-state index in [0.29, 0.717) is 12.1 Å². The van der Waals surface area contributed by atoms with Crippen LogP contribution in [0, 0.1) is 0 Å². The van der Waals surface area contributed by atoms with Crippen LogP contribution in [0.4, 0.5) is 0 Å². The summed E-state index contributed by atoms with van der Waals surface area (Å²) in [6.07, 6.45) is 6.10. The van der Waals surface area contributed by atoms with Crippen molar-refractivity contribution in [3.8, 4) is 0 Å². The van der Waals surface area contributed by atoms with Gasteiger partial charge in [-0.3, -0.25) is 4.99 Å². The quantitative estimate of drug-likeness (QED) is 0.526. The largest absolute Gasteiger partial charge is 0.381 e. The Balaban J connectivity index is 1.74. The number of rotatable bonds is 2. The molecular formula is C11H21N3O. The summed E-state index contributed by atoms with van der Waals surface area (Å²) in [6.45, 7) is 1.75. The lowest BCUT2D eigenvalue weighted by atomic mass is 9.93. The van der Waals surface area contributed by atoms with Gasteiger partial charge in [-0.15, -0.1) is 0 Å². The zero-order chi connectivity index (χ0) is 10.5. The lowest BCUT2D eigenvalue weighted by molar-refractivity contribution is 0.0821. The van der Waals surface area contributed by atoms with E-state index in [-0.39, 0.29) is 0 Å². The van der Waals surface area contributed by atoms with Gasteiger partial charge in [-0.05, 0) is 32.1 Å². The second-order valence-electron chi connectivity index (χ2n) is 4.38. The highest BCUT2D eigenvalue weighted by Gasteiger charge is 2.20. The normalized spacial score (nSPS) is 24.7. The first-order valence-electron chi connectivity index (χ1n) is 5.96. The Labute approximate surface area is 91.5 Å². The molecule has 1 aliphatic carbocycles. The summed E-state index contributed by atoms with van der Waals surface area (Å²) in [5.74, 6) is 0.964. The number of nitrogens with zero attached hydrogens (tertiary/aromatic N) is 1. The molecule has 0 amide bonds. The van der Waals surface area contributed by atoms with E-state index < -0.39 is 0 Å². The molecule has 4 nitrogen and oxygen atoms in total. The van der Waals surface area contributed by atoms with Crippen molar-refractivity contribution in [3.63, 3.8) is 0 Å². The molecular weight excluding hydrogens is 190 g/mol. The van der Waals surface area contributed by atoms with Crippen LogP contribution in [0.15, 0.2) is 4.99 Å². The lowest BCUT2D eigenvalue weighted by Gasteiger charge is -2.31. The molecule has 0 aromatic heterocycles. The van der Waals surface area contributed by atoms with Crippen LogP contribution in [0.3, 0.4) is 0 Å². The Kier molecular flexibility index (Phi) is 3.83. The van der Waals surface area contributed by atoms with Gasteiger partial charge >= 0.3 is 0 Å². The minimum absolute atomic E-state index is 0.532. The molecule has 1 saturated heterocycles. The Morgan fingerprint density at radius 1 is 1.07 bits per heavy atom. The monoisotopic (exact) mass is 211 g/mol. The molecule has 86 valence electrons. The van der Waals surface area contributed by atoms with Crippen LogP contribution >= 0.6 is 0 Å². The van der Waals surface area contributed by atoms with Gasteiger partial charge < -0.3 is 15.4 Å².